The van der Waals surface area contributed by atoms with Crippen LogP contribution in [-0.2, 0) is 6.42 Å². The second-order valence-corrected chi connectivity index (χ2v) is 3.95. The number of hydrogen-bond acceptors (Lipinski definition) is 0. The monoisotopic (exact) mass is 196 g/mol. The van der Waals surface area contributed by atoms with Gasteiger partial charge in [-0.05, 0) is 36.5 Å². The molecule has 0 heterocycles. The zero-order valence-corrected chi connectivity index (χ0v) is 9.16. The van der Waals surface area contributed by atoms with E-state index in [0.29, 0.717) is 0 Å². The minimum Gasteiger partial charge on any atom is -0.0991 e. The summed E-state index contributed by atoms with van der Waals surface area (Å²) in [5.74, 6) is 0. The molecule has 0 N–H and O–H groups in total. The lowest BCUT2D eigenvalue weighted by molar-refractivity contribution is 0.920. The molecule has 0 saturated carbocycles. The van der Waals surface area contributed by atoms with Crippen LogP contribution >= 0.6 is 0 Å². The molecule has 0 saturated heterocycles. The highest BCUT2D eigenvalue weighted by Gasteiger charge is 2.13. The molecule has 0 heteroatoms. The maximum atomic E-state index is 3.72. The Hall–Kier alpha value is -1.56. The van der Waals surface area contributed by atoms with E-state index in [1.165, 1.54) is 35.1 Å². The van der Waals surface area contributed by atoms with Crippen LogP contribution in [0.5, 0.6) is 0 Å². The topological polar surface area (TPSA) is 0 Å². The first-order chi connectivity index (χ1) is 7.33. The molecule has 0 atom stereocenters. The molecule has 1 aliphatic rings. The van der Waals surface area contributed by atoms with Crippen molar-refractivity contribution in [1.82, 2.24) is 0 Å². The second-order valence-electron chi connectivity index (χ2n) is 3.95. The van der Waals surface area contributed by atoms with Crippen molar-refractivity contribution in [3.63, 3.8) is 0 Å². The molecule has 0 aliphatic heterocycles. The molecule has 1 aromatic carbocycles. The molecule has 0 radical (unpaired) electrons. The van der Waals surface area contributed by atoms with Gasteiger partial charge in [-0.15, -0.1) is 0 Å². The van der Waals surface area contributed by atoms with Gasteiger partial charge in [-0.2, -0.15) is 0 Å². The summed E-state index contributed by atoms with van der Waals surface area (Å²) in [6.07, 6.45) is 8.36. The van der Waals surface area contributed by atoms with Gasteiger partial charge < -0.3 is 0 Å². The number of hydrogen-bond donors (Lipinski definition) is 0. The quantitative estimate of drug-likeness (QED) is 0.623. The highest BCUT2D eigenvalue weighted by Crippen LogP contribution is 2.31. The van der Waals surface area contributed by atoms with Crippen molar-refractivity contribution < 1.29 is 0 Å². The van der Waals surface area contributed by atoms with E-state index >= 15 is 0 Å². The number of benzene rings is 1. The Morgan fingerprint density at radius 2 is 2.00 bits per heavy atom. The minimum atomic E-state index is 1.17. The average molecular weight is 196 g/mol. The zero-order valence-electron chi connectivity index (χ0n) is 9.16. The van der Waals surface area contributed by atoms with E-state index in [1.54, 1.807) is 0 Å². The summed E-state index contributed by atoms with van der Waals surface area (Å²) in [5.41, 5.74) is 5.70. The minimum absolute atomic E-state index is 1.17. The normalized spacial score (nSPS) is 15.5. The third kappa shape index (κ3) is 1.94. The lowest BCUT2D eigenvalue weighted by Crippen LogP contribution is -2.01. The van der Waals surface area contributed by atoms with Crippen LogP contribution in [0, 0.1) is 0 Å². The SMILES string of the molecule is C=CC=CC1=C(C)CCc2ccccc21. The molecule has 0 spiro atoms. The summed E-state index contributed by atoms with van der Waals surface area (Å²) in [6.45, 7) is 5.94. The Balaban J connectivity index is 2.50. The third-order valence-electron chi connectivity index (χ3n) is 2.94. The first-order valence-corrected chi connectivity index (χ1v) is 5.40. The maximum Gasteiger partial charge on any atom is -0.0152 e. The largest absolute Gasteiger partial charge is 0.0991 e. The van der Waals surface area contributed by atoms with E-state index in [2.05, 4.69) is 43.8 Å². The molecule has 15 heavy (non-hydrogen) atoms. The summed E-state index contributed by atoms with van der Waals surface area (Å²) in [5, 5.41) is 0. The molecule has 76 valence electrons. The fourth-order valence-corrected chi connectivity index (χ4v) is 2.08. The van der Waals surface area contributed by atoms with Crippen molar-refractivity contribution in [3.8, 4) is 0 Å². The van der Waals surface area contributed by atoms with Crippen LogP contribution in [0.4, 0.5) is 0 Å². The van der Waals surface area contributed by atoms with Crippen molar-refractivity contribution >= 4 is 5.57 Å². The molecular formula is C15H16. The van der Waals surface area contributed by atoms with Gasteiger partial charge in [-0.3, -0.25) is 0 Å². The van der Waals surface area contributed by atoms with Gasteiger partial charge in [0.2, 0.25) is 0 Å². The summed E-state index contributed by atoms with van der Waals surface area (Å²) >= 11 is 0. The Labute approximate surface area is 91.6 Å². The van der Waals surface area contributed by atoms with Crippen LogP contribution in [0.2, 0.25) is 0 Å². The van der Waals surface area contributed by atoms with Crippen LogP contribution in [0.15, 0.2) is 54.6 Å². The van der Waals surface area contributed by atoms with E-state index in [4.69, 9.17) is 0 Å². The van der Waals surface area contributed by atoms with Gasteiger partial charge in [0.25, 0.3) is 0 Å². The fourth-order valence-electron chi connectivity index (χ4n) is 2.08. The summed E-state index contributed by atoms with van der Waals surface area (Å²) in [6, 6.07) is 8.66. The van der Waals surface area contributed by atoms with Crippen molar-refractivity contribution in [1.29, 1.82) is 0 Å². The molecule has 0 unspecified atom stereocenters. The first-order valence-electron chi connectivity index (χ1n) is 5.40. The van der Waals surface area contributed by atoms with Crippen LogP contribution in [-0.4, -0.2) is 0 Å². The molecule has 0 fully saturated rings. The predicted molar refractivity (Wildman–Crippen MR) is 66.7 cm³/mol. The molecule has 2 rings (SSSR count). The molecule has 0 amide bonds. The Morgan fingerprint density at radius 1 is 1.20 bits per heavy atom. The predicted octanol–water partition coefficient (Wildman–Crippen LogP) is 4.15. The summed E-state index contributed by atoms with van der Waals surface area (Å²) in [4.78, 5) is 0. The van der Waals surface area contributed by atoms with E-state index in [-0.39, 0.29) is 0 Å². The summed E-state index contributed by atoms with van der Waals surface area (Å²) < 4.78 is 0. The van der Waals surface area contributed by atoms with Crippen LogP contribution in [0.3, 0.4) is 0 Å². The van der Waals surface area contributed by atoms with Gasteiger partial charge >= 0.3 is 0 Å². The second kappa shape index (κ2) is 4.31. The van der Waals surface area contributed by atoms with Gasteiger partial charge in [0.1, 0.15) is 0 Å². The van der Waals surface area contributed by atoms with Gasteiger partial charge in [0.05, 0.1) is 0 Å². The van der Waals surface area contributed by atoms with E-state index in [0.717, 1.165) is 0 Å². The van der Waals surface area contributed by atoms with Gasteiger partial charge in [0, 0.05) is 0 Å². The summed E-state index contributed by atoms with van der Waals surface area (Å²) in [7, 11) is 0. The molecule has 0 nitrogen and oxygen atoms in total. The van der Waals surface area contributed by atoms with Gasteiger partial charge in [-0.25, -0.2) is 0 Å². The van der Waals surface area contributed by atoms with Crippen molar-refractivity contribution in [3.05, 3.63) is 65.8 Å². The number of rotatable bonds is 2. The average Bonchev–Trinajstić information content (AvgIpc) is 2.28. The highest BCUT2D eigenvalue weighted by molar-refractivity contribution is 5.80. The Kier molecular flexibility index (Phi) is 2.86. The van der Waals surface area contributed by atoms with Crippen LogP contribution in [0.1, 0.15) is 24.5 Å². The molecule has 0 bridgehead atoms. The van der Waals surface area contributed by atoms with Gasteiger partial charge in [-0.1, -0.05) is 54.6 Å². The first kappa shape index (κ1) is 9.97. The Morgan fingerprint density at radius 3 is 2.80 bits per heavy atom. The molecule has 1 aromatic rings. The van der Waals surface area contributed by atoms with Gasteiger partial charge in [0.15, 0.2) is 0 Å². The van der Waals surface area contributed by atoms with Crippen LogP contribution in [0.25, 0.3) is 5.57 Å². The van der Waals surface area contributed by atoms with Crippen LogP contribution < -0.4 is 0 Å². The molecular weight excluding hydrogens is 180 g/mol. The number of fused-ring (bicyclic) bond motifs is 1. The molecule has 0 aromatic heterocycles. The van der Waals surface area contributed by atoms with Crippen molar-refractivity contribution in [2.75, 3.05) is 0 Å². The molecule has 1 aliphatic carbocycles. The Bertz CT molecular complexity index is 433. The fraction of sp³-hybridized carbons (Fsp3) is 0.200. The van der Waals surface area contributed by atoms with E-state index < -0.39 is 0 Å². The smallest absolute Gasteiger partial charge is 0.0152 e. The zero-order chi connectivity index (χ0) is 10.7. The highest BCUT2D eigenvalue weighted by atomic mass is 14.2. The standard InChI is InChI=1S/C15H16/c1-3-4-8-14-12(2)10-11-13-7-5-6-9-15(13)14/h3-9H,1,10-11H2,2H3. The van der Waals surface area contributed by atoms with E-state index in [9.17, 15) is 0 Å². The van der Waals surface area contributed by atoms with Crippen molar-refractivity contribution in [2.45, 2.75) is 19.8 Å². The number of allylic oxidation sites excluding steroid dienone is 5. The number of aryl methyl sites for hydroxylation is 1. The lowest BCUT2D eigenvalue weighted by atomic mass is 9.86. The lowest BCUT2D eigenvalue weighted by Gasteiger charge is -2.19. The third-order valence-corrected chi connectivity index (χ3v) is 2.94. The van der Waals surface area contributed by atoms with E-state index in [1.807, 2.05) is 12.2 Å². The maximum absolute atomic E-state index is 3.72. The van der Waals surface area contributed by atoms with Crippen molar-refractivity contribution in [2.24, 2.45) is 0 Å².